The number of thiazole rings is 1. The molecule has 3 aromatic rings. The van der Waals surface area contributed by atoms with Crippen LogP contribution < -0.4 is 14.8 Å². The van der Waals surface area contributed by atoms with Gasteiger partial charge in [0.1, 0.15) is 23.1 Å². The lowest BCUT2D eigenvalue weighted by molar-refractivity contribution is 0.339. The van der Waals surface area contributed by atoms with Crippen LogP contribution in [0.4, 0.5) is 0 Å². The van der Waals surface area contributed by atoms with Gasteiger partial charge in [0.25, 0.3) is 0 Å². The van der Waals surface area contributed by atoms with E-state index in [1.807, 2.05) is 29.8 Å². The first kappa shape index (κ1) is 17.3. The van der Waals surface area contributed by atoms with Crippen LogP contribution in [0.25, 0.3) is 6.08 Å². The minimum atomic E-state index is 0.206. The SMILES string of the molecule is COc1ccc2c(c1)C=C(CN[C@@H](Cc1ccsc1)c1nccs1)CO2. The van der Waals surface area contributed by atoms with E-state index in [4.69, 9.17) is 9.47 Å². The van der Waals surface area contributed by atoms with E-state index in [0.717, 1.165) is 35.0 Å². The fourth-order valence-electron chi connectivity index (χ4n) is 2.98. The number of benzene rings is 1. The van der Waals surface area contributed by atoms with Crippen molar-refractivity contribution in [3.05, 3.63) is 68.3 Å². The van der Waals surface area contributed by atoms with Gasteiger partial charge in [-0.1, -0.05) is 0 Å². The van der Waals surface area contributed by atoms with Gasteiger partial charge in [-0.05, 0) is 58.7 Å². The van der Waals surface area contributed by atoms with E-state index in [0.29, 0.717) is 6.61 Å². The van der Waals surface area contributed by atoms with Crippen LogP contribution >= 0.6 is 22.7 Å². The number of methoxy groups -OCH3 is 1. The minimum absolute atomic E-state index is 0.206. The van der Waals surface area contributed by atoms with Gasteiger partial charge in [-0.15, -0.1) is 11.3 Å². The Morgan fingerprint density at radius 3 is 3.04 bits per heavy atom. The van der Waals surface area contributed by atoms with Crippen LogP contribution in [-0.2, 0) is 6.42 Å². The Kier molecular flexibility index (Phi) is 5.34. The molecular weight excluding hydrogens is 364 g/mol. The highest BCUT2D eigenvalue weighted by Crippen LogP contribution is 2.30. The zero-order valence-electron chi connectivity index (χ0n) is 14.5. The third-order valence-electron chi connectivity index (χ3n) is 4.33. The molecule has 1 atom stereocenters. The van der Waals surface area contributed by atoms with E-state index in [1.54, 1.807) is 29.8 Å². The van der Waals surface area contributed by atoms with Crippen molar-refractivity contribution in [2.45, 2.75) is 12.5 Å². The number of hydrogen-bond donors (Lipinski definition) is 1. The topological polar surface area (TPSA) is 43.4 Å². The van der Waals surface area contributed by atoms with Crippen LogP contribution in [0.5, 0.6) is 11.5 Å². The summed E-state index contributed by atoms with van der Waals surface area (Å²) in [6.45, 7) is 1.38. The number of rotatable bonds is 7. The van der Waals surface area contributed by atoms with E-state index in [9.17, 15) is 0 Å². The lowest BCUT2D eigenvalue weighted by Crippen LogP contribution is -2.27. The highest BCUT2D eigenvalue weighted by atomic mass is 32.1. The van der Waals surface area contributed by atoms with Crippen molar-refractivity contribution in [3.8, 4) is 11.5 Å². The Morgan fingerprint density at radius 1 is 1.31 bits per heavy atom. The summed E-state index contributed by atoms with van der Waals surface area (Å²) in [6.07, 6.45) is 5.00. The summed E-state index contributed by atoms with van der Waals surface area (Å²) < 4.78 is 11.2. The Hall–Kier alpha value is -2.15. The fraction of sp³-hybridized carbons (Fsp3) is 0.250. The second-order valence-corrected chi connectivity index (χ2v) is 7.84. The molecule has 26 heavy (non-hydrogen) atoms. The van der Waals surface area contributed by atoms with Crippen LogP contribution in [0.1, 0.15) is 22.2 Å². The maximum absolute atomic E-state index is 5.89. The number of ether oxygens (including phenoxy) is 2. The molecule has 1 aliphatic heterocycles. The van der Waals surface area contributed by atoms with Gasteiger partial charge in [0.15, 0.2) is 0 Å². The summed E-state index contributed by atoms with van der Waals surface area (Å²) in [5.41, 5.74) is 3.63. The lowest BCUT2D eigenvalue weighted by Gasteiger charge is -2.21. The number of fused-ring (bicyclic) bond motifs is 1. The summed E-state index contributed by atoms with van der Waals surface area (Å²) in [4.78, 5) is 4.51. The fourth-order valence-corrected chi connectivity index (χ4v) is 4.38. The first-order valence-corrected chi connectivity index (χ1v) is 10.3. The quantitative estimate of drug-likeness (QED) is 0.648. The summed E-state index contributed by atoms with van der Waals surface area (Å²) >= 11 is 3.43. The second kappa shape index (κ2) is 8.03. The van der Waals surface area contributed by atoms with E-state index >= 15 is 0 Å². The Bertz CT molecular complexity index is 873. The van der Waals surface area contributed by atoms with Gasteiger partial charge in [-0.3, -0.25) is 0 Å². The molecule has 134 valence electrons. The van der Waals surface area contributed by atoms with Crippen molar-refractivity contribution in [1.29, 1.82) is 0 Å². The largest absolute Gasteiger partial charge is 0.497 e. The number of thiophene rings is 1. The number of hydrogen-bond acceptors (Lipinski definition) is 6. The molecule has 0 radical (unpaired) electrons. The third kappa shape index (κ3) is 3.98. The first-order valence-electron chi connectivity index (χ1n) is 8.46. The van der Waals surface area contributed by atoms with Crippen LogP contribution in [0.15, 0.2) is 52.2 Å². The van der Waals surface area contributed by atoms with Gasteiger partial charge in [-0.25, -0.2) is 4.98 Å². The molecule has 0 saturated carbocycles. The molecule has 0 unspecified atom stereocenters. The highest BCUT2D eigenvalue weighted by Gasteiger charge is 2.17. The number of nitrogens with zero attached hydrogens (tertiary/aromatic N) is 1. The van der Waals surface area contributed by atoms with Crippen LogP contribution in [-0.4, -0.2) is 25.2 Å². The van der Waals surface area contributed by atoms with Gasteiger partial charge >= 0.3 is 0 Å². The monoisotopic (exact) mass is 384 g/mol. The van der Waals surface area contributed by atoms with Gasteiger partial charge in [0.05, 0.1) is 13.2 Å². The van der Waals surface area contributed by atoms with Gasteiger partial charge in [0.2, 0.25) is 0 Å². The van der Waals surface area contributed by atoms with E-state index in [1.165, 1.54) is 11.1 Å². The molecule has 0 spiro atoms. The summed E-state index contributed by atoms with van der Waals surface area (Å²) in [5.74, 6) is 1.75. The van der Waals surface area contributed by atoms with Gasteiger partial charge < -0.3 is 14.8 Å². The average Bonchev–Trinajstić information content (AvgIpc) is 3.38. The standard InChI is InChI=1S/C20H20N2O2S2/c1-23-17-2-3-19-16(10-17)8-15(12-24-19)11-22-18(20-21-5-7-26-20)9-14-4-6-25-13-14/h2-8,10,13,18,22H,9,11-12H2,1H3/t18-/m0/s1. The molecule has 6 heteroatoms. The zero-order valence-corrected chi connectivity index (χ0v) is 16.1. The Balaban J connectivity index is 1.48. The first-order chi connectivity index (χ1) is 12.8. The average molecular weight is 385 g/mol. The number of nitrogens with one attached hydrogen (secondary N) is 1. The second-order valence-electron chi connectivity index (χ2n) is 6.13. The van der Waals surface area contributed by atoms with Crippen molar-refractivity contribution < 1.29 is 9.47 Å². The van der Waals surface area contributed by atoms with Gasteiger partial charge in [-0.2, -0.15) is 11.3 Å². The molecule has 1 aliphatic rings. The van der Waals surface area contributed by atoms with Crippen molar-refractivity contribution in [2.75, 3.05) is 20.3 Å². The summed E-state index contributed by atoms with van der Waals surface area (Å²) in [7, 11) is 1.68. The van der Waals surface area contributed by atoms with Crippen LogP contribution in [0.3, 0.4) is 0 Å². The molecule has 0 saturated heterocycles. The van der Waals surface area contributed by atoms with Crippen molar-refractivity contribution in [1.82, 2.24) is 10.3 Å². The van der Waals surface area contributed by atoms with Crippen molar-refractivity contribution in [2.24, 2.45) is 0 Å². The highest BCUT2D eigenvalue weighted by molar-refractivity contribution is 7.09. The third-order valence-corrected chi connectivity index (χ3v) is 5.96. The number of aromatic nitrogens is 1. The Morgan fingerprint density at radius 2 is 2.27 bits per heavy atom. The lowest BCUT2D eigenvalue weighted by atomic mass is 10.1. The van der Waals surface area contributed by atoms with Crippen molar-refractivity contribution >= 4 is 28.7 Å². The van der Waals surface area contributed by atoms with Crippen LogP contribution in [0, 0.1) is 0 Å². The van der Waals surface area contributed by atoms with Crippen molar-refractivity contribution in [3.63, 3.8) is 0 Å². The molecule has 1 aromatic carbocycles. The molecule has 0 bridgehead atoms. The minimum Gasteiger partial charge on any atom is -0.497 e. The maximum atomic E-state index is 5.89. The molecule has 0 amide bonds. The molecular formula is C20H20N2O2S2. The predicted molar refractivity (Wildman–Crippen MR) is 107 cm³/mol. The molecule has 4 rings (SSSR count). The van der Waals surface area contributed by atoms with Crippen LogP contribution in [0.2, 0.25) is 0 Å². The van der Waals surface area contributed by atoms with Gasteiger partial charge in [0, 0.05) is 23.7 Å². The molecule has 2 aromatic heterocycles. The van der Waals surface area contributed by atoms with E-state index in [2.05, 4.69) is 33.2 Å². The molecule has 0 fully saturated rings. The Labute approximate surface area is 161 Å². The molecule has 4 nitrogen and oxygen atoms in total. The predicted octanol–water partition coefficient (Wildman–Crippen LogP) is 4.56. The maximum Gasteiger partial charge on any atom is 0.127 e. The summed E-state index contributed by atoms with van der Waals surface area (Å²) in [5, 5.41) is 11.1. The summed E-state index contributed by atoms with van der Waals surface area (Å²) in [6, 6.07) is 8.28. The molecule has 0 aliphatic carbocycles. The molecule has 3 heterocycles. The van der Waals surface area contributed by atoms with E-state index < -0.39 is 0 Å². The normalized spacial score (nSPS) is 14.3. The van der Waals surface area contributed by atoms with E-state index in [-0.39, 0.29) is 6.04 Å². The zero-order chi connectivity index (χ0) is 17.8. The molecule has 1 N–H and O–H groups in total. The smallest absolute Gasteiger partial charge is 0.127 e.